The summed E-state index contributed by atoms with van der Waals surface area (Å²) in [5.74, 6) is -0.257. The fourth-order valence-corrected chi connectivity index (χ4v) is 4.84. The minimum atomic E-state index is -0.982. The Labute approximate surface area is 202 Å². The molecule has 0 aromatic heterocycles. The summed E-state index contributed by atoms with van der Waals surface area (Å²) in [6.45, 7) is 4.56. The summed E-state index contributed by atoms with van der Waals surface area (Å²) in [7, 11) is 0. The summed E-state index contributed by atoms with van der Waals surface area (Å²) in [6, 6.07) is 12.3. The van der Waals surface area contributed by atoms with Crippen LogP contribution in [0.1, 0.15) is 51.5 Å². The quantitative estimate of drug-likeness (QED) is 0.251. The predicted molar refractivity (Wildman–Crippen MR) is 131 cm³/mol. The average molecular weight is 526 g/mol. The third-order valence-electron chi connectivity index (χ3n) is 5.73. The number of benzene rings is 2. The van der Waals surface area contributed by atoms with Crippen molar-refractivity contribution in [2.45, 2.75) is 57.9 Å². The highest BCUT2D eigenvalue weighted by Crippen LogP contribution is 2.37. The molecule has 0 spiro atoms. The van der Waals surface area contributed by atoms with Crippen molar-refractivity contribution in [1.29, 1.82) is 0 Å². The van der Waals surface area contributed by atoms with E-state index in [0.29, 0.717) is 28.7 Å². The minimum Gasteiger partial charge on any atom is -0.309 e. The van der Waals surface area contributed by atoms with Crippen LogP contribution in [0, 0.1) is 0 Å². The Morgan fingerprint density at radius 3 is 2.16 bits per heavy atom. The number of unbranched alkanes of at least 4 members (excludes halogenated alkanes) is 4. The maximum atomic E-state index is 13.6. The van der Waals surface area contributed by atoms with E-state index in [4.69, 9.17) is 23.2 Å². The van der Waals surface area contributed by atoms with E-state index in [1.807, 2.05) is 31.2 Å². The normalized spacial score (nSPS) is 18.9. The molecule has 3 rings (SSSR count). The van der Waals surface area contributed by atoms with Crippen LogP contribution in [0.15, 0.2) is 46.9 Å². The molecule has 7 heteroatoms. The summed E-state index contributed by atoms with van der Waals surface area (Å²) in [5.41, 5.74) is 0.418. The maximum absolute atomic E-state index is 13.6. The van der Waals surface area contributed by atoms with Crippen molar-refractivity contribution in [3.8, 4) is 0 Å². The van der Waals surface area contributed by atoms with Gasteiger partial charge >= 0.3 is 6.03 Å². The number of carbonyl (C=O) groups excluding carboxylic acids is 2. The molecule has 2 aromatic rings. The first-order valence-electron chi connectivity index (χ1n) is 10.6. The second kappa shape index (κ2) is 10.4. The highest BCUT2D eigenvalue weighted by Gasteiger charge is 2.54. The van der Waals surface area contributed by atoms with Gasteiger partial charge in [-0.2, -0.15) is 0 Å². The highest BCUT2D eigenvalue weighted by atomic mass is 79.9. The molecule has 0 saturated carbocycles. The molecule has 166 valence electrons. The molecule has 4 nitrogen and oxygen atoms in total. The van der Waals surface area contributed by atoms with Gasteiger partial charge in [-0.15, -0.1) is 0 Å². The number of hydrogen-bond acceptors (Lipinski definition) is 2. The molecule has 3 amide bonds. The van der Waals surface area contributed by atoms with Gasteiger partial charge in [0.2, 0.25) is 0 Å². The lowest BCUT2D eigenvalue weighted by molar-refractivity contribution is -0.124. The van der Waals surface area contributed by atoms with E-state index in [2.05, 4.69) is 22.9 Å². The SMILES string of the molecule is CCCCCCCN1C(=O)N(c2cc(Cl)cc(Cl)c2)C(=O)C1(C)Cc1ccc(Br)cc1. The van der Waals surface area contributed by atoms with Gasteiger partial charge in [0.25, 0.3) is 5.91 Å². The second-order valence-corrected chi connectivity index (χ2v) is 9.98. The van der Waals surface area contributed by atoms with Crippen molar-refractivity contribution in [2.24, 2.45) is 0 Å². The number of amides is 3. The van der Waals surface area contributed by atoms with Gasteiger partial charge in [0.1, 0.15) is 5.54 Å². The summed E-state index contributed by atoms with van der Waals surface area (Å²) in [4.78, 5) is 30.0. The third-order valence-corrected chi connectivity index (χ3v) is 6.70. The predicted octanol–water partition coefficient (Wildman–Crippen LogP) is 7.50. The fourth-order valence-electron chi connectivity index (χ4n) is 4.06. The lowest BCUT2D eigenvalue weighted by Gasteiger charge is -2.32. The molecule has 1 saturated heterocycles. The van der Waals surface area contributed by atoms with Gasteiger partial charge in [0.05, 0.1) is 5.69 Å². The third kappa shape index (κ3) is 5.44. The molecule has 1 heterocycles. The lowest BCUT2D eigenvalue weighted by Crippen LogP contribution is -2.49. The van der Waals surface area contributed by atoms with Crippen LogP contribution in [-0.4, -0.2) is 28.9 Å². The Hall–Kier alpha value is -1.56. The fraction of sp³-hybridized carbons (Fsp3) is 0.417. The average Bonchev–Trinajstić information content (AvgIpc) is 2.89. The molecule has 1 aliphatic heterocycles. The van der Waals surface area contributed by atoms with Crippen LogP contribution < -0.4 is 4.90 Å². The van der Waals surface area contributed by atoms with Gasteiger partial charge in [0, 0.05) is 27.5 Å². The molecule has 31 heavy (non-hydrogen) atoms. The molecular weight excluding hydrogens is 499 g/mol. The van der Waals surface area contributed by atoms with Crippen LogP contribution in [0.2, 0.25) is 10.0 Å². The Balaban J connectivity index is 1.92. The van der Waals surface area contributed by atoms with Gasteiger partial charge in [-0.3, -0.25) is 4.79 Å². The smallest absolute Gasteiger partial charge is 0.309 e. The first-order chi connectivity index (χ1) is 14.8. The zero-order valence-corrected chi connectivity index (χ0v) is 20.9. The topological polar surface area (TPSA) is 40.6 Å². The van der Waals surface area contributed by atoms with Crippen molar-refractivity contribution < 1.29 is 9.59 Å². The van der Waals surface area contributed by atoms with Gasteiger partial charge in [-0.25, -0.2) is 9.69 Å². The van der Waals surface area contributed by atoms with Crippen molar-refractivity contribution in [3.63, 3.8) is 0 Å². The Kier molecular flexibility index (Phi) is 8.06. The van der Waals surface area contributed by atoms with E-state index in [1.165, 1.54) is 11.3 Å². The summed E-state index contributed by atoms with van der Waals surface area (Å²) < 4.78 is 0.971. The number of carbonyl (C=O) groups is 2. The summed E-state index contributed by atoms with van der Waals surface area (Å²) in [6.07, 6.45) is 5.79. The van der Waals surface area contributed by atoms with E-state index >= 15 is 0 Å². The molecule has 0 N–H and O–H groups in total. The van der Waals surface area contributed by atoms with Crippen LogP contribution in [0.25, 0.3) is 0 Å². The lowest BCUT2D eigenvalue weighted by atomic mass is 9.91. The molecule has 1 fully saturated rings. The number of halogens is 3. The molecule has 1 aliphatic rings. The van der Waals surface area contributed by atoms with Crippen LogP contribution in [-0.2, 0) is 11.2 Å². The number of urea groups is 1. The zero-order valence-electron chi connectivity index (χ0n) is 17.8. The molecular formula is C24H27BrCl2N2O2. The van der Waals surface area contributed by atoms with Gasteiger partial charge < -0.3 is 4.90 Å². The molecule has 0 bridgehead atoms. The van der Waals surface area contributed by atoms with E-state index in [-0.39, 0.29) is 11.9 Å². The number of rotatable bonds is 9. The number of anilines is 1. The van der Waals surface area contributed by atoms with Crippen molar-refractivity contribution >= 4 is 56.8 Å². The molecule has 0 radical (unpaired) electrons. The molecule has 1 unspecified atom stereocenters. The summed E-state index contributed by atoms with van der Waals surface area (Å²) >= 11 is 15.8. The first kappa shape index (κ1) is 24.1. The number of imide groups is 1. The van der Waals surface area contributed by atoms with E-state index < -0.39 is 5.54 Å². The molecule has 2 aromatic carbocycles. The van der Waals surface area contributed by atoms with E-state index in [0.717, 1.165) is 35.7 Å². The first-order valence-corrected chi connectivity index (χ1v) is 12.2. The Morgan fingerprint density at radius 1 is 0.935 bits per heavy atom. The van der Waals surface area contributed by atoms with Crippen molar-refractivity contribution in [2.75, 3.05) is 11.4 Å². The standard InChI is InChI=1S/C24H27BrCl2N2O2/c1-3-4-5-6-7-12-28-23(31)29(21-14-19(26)13-20(27)15-21)22(30)24(28,2)16-17-8-10-18(25)11-9-17/h8-11,13-15H,3-7,12,16H2,1-2H3. The minimum absolute atomic E-state index is 0.257. The highest BCUT2D eigenvalue weighted by molar-refractivity contribution is 9.10. The van der Waals surface area contributed by atoms with Crippen molar-refractivity contribution in [1.82, 2.24) is 4.90 Å². The van der Waals surface area contributed by atoms with Crippen molar-refractivity contribution in [3.05, 3.63) is 62.5 Å². The van der Waals surface area contributed by atoms with Gasteiger partial charge in [-0.1, -0.05) is 83.9 Å². The summed E-state index contributed by atoms with van der Waals surface area (Å²) in [5, 5.41) is 0.770. The van der Waals surface area contributed by atoms with Gasteiger partial charge in [-0.05, 0) is 49.2 Å². The van der Waals surface area contributed by atoms with Gasteiger partial charge in [0.15, 0.2) is 0 Å². The molecule has 1 atom stereocenters. The Bertz CT molecular complexity index is 931. The number of hydrogen-bond donors (Lipinski definition) is 0. The monoisotopic (exact) mass is 524 g/mol. The van der Waals surface area contributed by atoms with Crippen LogP contribution in [0.4, 0.5) is 10.5 Å². The second-order valence-electron chi connectivity index (χ2n) is 8.19. The number of nitrogens with zero attached hydrogens (tertiary/aromatic N) is 2. The van der Waals surface area contributed by atoms with Crippen LogP contribution >= 0.6 is 39.1 Å². The van der Waals surface area contributed by atoms with Crippen LogP contribution in [0.5, 0.6) is 0 Å². The largest absolute Gasteiger partial charge is 0.332 e. The Morgan fingerprint density at radius 2 is 1.55 bits per heavy atom. The molecule has 0 aliphatic carbocycles. The van der Waals surface area contributed by atoms with Crippen LogP contribution in [0.3, 0.4) is 0 Å². The zero-order chi connectivity index (χ0) is 22.6. The van der Waals surface area contributed by atoms with E-state index in [1.54, 1.807) is 23.1 Å². The maximum Gasteiger partial charge on any atom is 0.332 e. The van der Waals surface area contributed by atoms with E-state index in [9.17, 15) is 9.59 Å².